The SMILES string of the molecule is CC(C)(C)c1ccc(-c2ccc(C(=O)N3CC[C@@H]4CNC[C@@H]4CC3)o2)cc1.Cl. The molecule has 3 heterocycles. The summed E-state index contributed by atoms with van der Waals surface area (Å²) in [5.41, 5.74) is 2.43. The van der Waals surface area contributed by atoms with Gasteiger partial charge in [-0.15, -0.1) is 12.4 Å². The summed E-state index contributed by atoms with van der Waals surface area (Å²) in [5, 5.41) is 3.48. The molecule has 2 fully saturated rings. The summed E-state index contributed by atoms with van der Waals surface area (Å²) < 4.78 is 5.94. The van der Waals surface area contributed by atoms with Gasteiger partial charge in [0.1, 0.15) is 5.76 Å². The molecule has 2 saturated heterocycles. The van der Waals surface area contributed by atoms with Crippen molar-refractivity contribution >= 4 is 18.3 Å². The number of nitrogens with one attached hydrogen (secondary N) is 1. The van der Waals surface area contributed by atoms with E-state index in [4.69, 9.17) is 4.42 Å². The fourth-order valence-electron chi connectivity index (χ4n) is 4.32. The van der Waals surface area contributed by atoms with Crippen LogP contribution in [0.1, 0.15) is 49.7 Å². The minimum Gasteiger partial charge on any atom is -0.451 e. The summed E-state index contributed by atoms with van der Waals surface area (Å²) in [7, 11) is 0. The van der Waals surface area contributed by atoms with Crippen LogP contribution in [0, 0.1) is 11.8 Å². The molecule has 2 atom stereocenters. The van der Waals surface area contributed by atoms with Crippen LogP contribution < -0.4 is 5.32 Å². The number of carbonyl (C=O) groups is 1. The van der Waals surface area contributed by atoms with Gasteiger partial charge in [-0.3, -0.25) is 4.79 Å². The van der Waals surface area contributed by atoms with E-state index in [0.717, 1.165) is 62.2 Å². The van der Waals surface area contributed by atoms with Crippen molar-refractivity contribution in [1.82, 2.24) is 10.2 Å². The fraction of sp³-hybridized carbons (Fsp3) is 0.522. The normalized spacial score (nSPS) is 22.3. The zero-order valence-corrected chi connectivity index (χ0v) is 17.8. The van der Waals surface area contributed by atoms with Crippen LogP contribution in [0.25, 0.3) is 11.3 Å². The van der Waals surface area contributed by atoms with Gasteiger partial charge in [0.25, 0.3) is 5.91 Å². The number of furan rings is 1. The summed E-state index contributed by atoms with van der Waals surface area (Å²) >= 11 is 0. The van der Waals surface area contributed by atoms with E-state index < -0.39 is 0 Å². The molecule has 152 valence electrons. The van der Waals surface area contributed by atoms with Crippen LogP contribution in [0.3, 0.4) is 0 Å². The molecular weight excluding hydrogens is 372 g/mol. The molecule has 0 spiro atoms. The highest BCUT2D eigenvalue weighted by molar-refractivity contribution is 5.92. The molecule has 2 aliphatic rings. The molecule has 0 radical (unpaired) electrons. The summed E-state index contributed by atoms with van der Waals surface area (Å²) in [6.45, 7) is 10.5. The number of likely N-dealkylation sites (tertiary alicyclic amines) is 1. The molecule has 0 bridgehead atoms. The Hall–Kier alpha value is -1.78. The van der Waals surface area contributed by atoms with Gasteiger partial charge in [0.05, 0.1) is 0 Å². The minimum atomic E-state index is 0. The average Bonchev–Trinajstić information content (AvgIpc) is 3.27. The van der Waals surface area contributed by atoms with Crippen LogP contribution in [0.15, 0.2) is 40.8 Å². The van der Waals surface area contributed by atoms with Crippen LogP contribution in [0.5, 0.6) is 0 Å². The average molecular weight is 403 g/mol. The third-order valence-electron chi connectivity index (χ3n) is 6.16. The minimum absolute atomic E-state index is 0. The van der Waals surface area contributed by atoms with Gasteiger partial charge in [-0.1, -0.05) is 45.0 Å². The largest absolute Gasteiger partial charge is 0.451 e. The number of hydrogen-bond acceptors (Lipinski definition) is 3. The van der Waals surface area contributed by atoms with Crippen molar-refractivity contribution in [3.8, 4) is 11.3 Å². The van der Waals surface area contributed by atoms with E-state index in [2.05, 4.69) is 50.4 Å². The van der Waals surface area contributed by atoms with E-state index in [1.807, 2.05) is 17.0 Å². The van der Waals surface area contributed by atoms with Crippen molar-refractivity contribution in [2.24, 2.45) is 11.8 Å². The van der Waals surface area contributed by atoms with Crippen molar-refractivity contribution < 1.29 is 9.21 Å². The maximum absolute atomic E-state index is 12.9. The number of carbonyl (C=O) groups excluding carboxylic acids is 1. The molecule has 1 aromatic carbocycles. The van der Waals surface area contributed by atoms with E-state index in [9.17, 15) is 4.79 Å². The van der Waals surface area contributed by atoms with Crippen LogP contribution in [0.4, 0.5) is 0 Å². The van der Waals surface area contributed by atoms with E-state index in [-0.39, 0.29) is 23.7 Å². The van der Waals surface area contributed by atoms with Gasteiger partial charge < -0.3 is 14.6 Å². The van der Waals surface area contributed by atoms with Crippen LogP contribution in [-0.2, 0) is 5.41 Å². The Balaban J connectivity index is 0.00000225. The highest BCUT2D eigenvalue weighted by Crippen LogP contribution is 2.30. The maximum Gasteiger partial charge on any atom is 0.289 e. The summed E-state index contributed by atoms with van der Waals surface area (Å²) in [4.78, 5) is 14.9. The first-order chi connectivity index (χ1) is 12.9. The first kappa shape index (κ1) is 20.9. The van der Waals surface area contributed by atoms with Crippen molar-refractivity contribution in [3.63, 3.8) is 0 Å². The fourth-order valence-corrected chi connectivity index (χ4v) is 4.32. The molecular formula is C23H31ClN2O2. The molecule has 0 aliphatic carbocycles. The Morgan fingerprint density at radius 2 is 1.61 bits per heavy atom. The van der Waals surface area contributed by atoms with E-state index in [1.54, 1.807) is 0 Å². The monoisotopic (exact) mass is 402 g/mol. The highest BCUT2D eigenvalue weighted by Gasteiger charge is 2.32. The Morgan fingerprint density at radius 3 is 2.18 bits per heavy atom. The molecule has 28 heavy (non-hydrogen) atoms. The number of amides is 1. The first-order valence-corrected chi connectivity index (χ1v) is 10.1. The topological polar surface area (TPSA) is 45.5 Å². The molecule has 0 unspecified atom stereocenters. The standard InChI is InChI=1S/C23H30N2O2.ClH/c1-23(2,3)19-6-4-16(5-7-19)20-8-9-21(27-20)22(26)25-12-10-17-14-24-15-18(17)11-13-25;/h4-9,17-18,24H,10-15H2,1-3H3;1H/t17-,18+;. The van der Waals surface area contributed by atoms with Gasteiger partial charge in [0, 0.05) is 18.7 Å². The first-order valence-electron chi connectivity index (χ1n) is 10.1. The van der Waals surface area contributed by atoms with E-state index >= 15 is 0 Å². The molecule has 1 amide bonds. The number of benzene rings is 1. The van der Waals surface area contributed by atoms with Gasteiger partial charge in [-0.2, -0.15) is 0 Å². The van der Waals surface area contributed by atoms with Gasteiger partial charge >= 0.3 is 0 Å². The lowest BCUT2D eigenvalue weighted by atomic mass is 9.86. The smallest absolute Gasteiger partial charge is 0.289 e. The molecule has 4 rings (SSSR count). The van der Waals surface area contributed by atoms with Crippen LogP contribution in [0.2, 0.25) is 0 Å². The zero-order valence-electron chi connectivity index (χ0n) is 17.0. The Kier molecular flexibility index (Phi) is 6.21. The second kappa shape index (κ2) is 8.30. The molecule has 1 N–H and O–H groups in total. The van der Waals surface area contributed by atoms with E-state index in [1.165, 1.54) is 5.56 Å². The predicted molar refractivity (Wildman–Crippen MR) is 115 cm³/mol. The predicted octanol–water partition coefficient (Wildman–Crippen LogP) is 4.74. The van der Waals surface area contributed by atoms with Crippen molar-refractivity contribution in [1.29, 1.82) is 0 Å². The third-order valence-corrected chi connectivity index (χ3v) is 6.16. The number of halogens is 1. The lowest BCUT2D eigenvalue weighted by molar-refractivity contribution is 0.0727. The Bertz CT molecular complexity index is 793. The molecule has 4 nitrogen and oxygen atoms in total. The zero-order chi connectivity index (χ0) is 19.0. The van der Waals surface area contributed by atoms with Crippen LogP contribution in [-0.4, -0.2) is 37.0 Å². The molecule has 2 aliphatic heterocycles. The van der Waals surface area contributed by atoms with Crippen LogP contribution >= 0.6 is 12.4 Å². The number of nitrogens with zero attached hydrogens (tertiary/aromatic N) is 1. The van der Waals surface area contributed by atoms with Gasteiger partial charge in [0.15, 0.2) is 5.76 Å². The third kappa shape index (κ3) is 4.28. The number of rotatable bonds is 2. The summed E-state index contributed by atoms with van der Waals surface area (Å²) in [6.07, 6.45) is 2.18. The second-order valence-corrected chi connectivity index (χ2v) is 9.04. The second-order valence-electron chi connectivity index (χ2n) is 9.04. The quantitative estimate of drug-likeness (QED) is 0.789. The van der Waals surface area contributed by atoms with Crippen molar-refractivity contribution in [2.45, 2.75) is 39.0 Å². The number of hydrogen-bond donors (Lipinski definition) is 1. The Labute approximate surface area is 174 Å². The lowest BCUT2D eigenvalue weighted by Gasteiger charge is -2.19. The maximum atomic E-state index is 12.9. The highest BCUT2D eigenvalue weighted by atomic mass is 35.5. The van der Waals surface area contributed by atoms with Gasteiger partial charge in [-0.25, -0.2) is 0 Å². The Morgan fingerprint density at radius 1 is 1.00 bits per heavy atom. The summed E-state index contributed by atoms with van der Waals surface area (Å²) in [6, 6.07) is 12.2. The molecule has 1 aromatic heterocycles. The van der Waals surface area contributed by atoms with E-state index in [0.29, 0.717) is 5.76 Å². The summed E-state index contributed by atoms with van der Waals surface area (Å²) in [5.74, 6) is 2.68. The molecule has 2 aromatic rings. The molecule has 5 heteroatoms. The van der Waals surface area contributed by atoms with Crippen molar-refractivity contribution in [2.75, 3.05) is 26.2 Å². The molecule has 0 saturated carbocycles. The van der Waals surface area contributed by atoms with Gasteiger partial charge in [0.2, 0.25) is 0 Å². The number of fused-ring (bicyclic) bond motifs is 1. The van der Waals surface area contributed by atoms with Gasteiger partial charge in [-0.05, 0) is 60.9 Å². The lowest BCUT2D eigenvalue weighted by Crippen LogP contribution is -2.32. The van der Waals surface area contributed by atoms with Crippen molar-refractivity contribution in [3.05, 3.63) is 47.7 Å².